The first-order valence-corrected chi connectivity index (χ1v) is 6.43. The summed E-state index contributed by atoms with van der Waals surface area (Å²) in [5.74, 6) is 1.65. The van der Waals surface area contributed by atoms with Crippen molar-refractivity contribution >= 4 is 11.4 Å². The standard InChI is InChI=1S/C14H22N2O/c1-3-16(10-11-5-4-6-11)12-7-8-13(15)14(9-12)17-2/h7-9,11H,3-6,10,15H2,1-2H3. The normalized spacial score (nSPS) is 15.4. The van der Waals surface area contributed by atoms with Gasteiger partial charge < -0.3 is 15.4 Å². The van der Waals surface area contributed by atoms with Crippen molar-refractivity contribution in [3.8, 4) is 5.75 Å². The molecule has 1 saturated carbocycles. The molecule has 1 aromatic carbocycles. The van der Waals surface area contributed by atoms with E-state index < -0.39 is 0 Å². The zero-order valence-electron chi connectivity index (χ0n) is 10.8. The van der Waals surface area contributed by atoms with E-state index in [0.717, 1.165) is 24.8 Å². The summed E-state index contributed by atoms with van der Waals surface area (Å²) < 4.78 is 5.27. The van der Waals surface area contributed by atoms with E-state index in [1.165, 1.54) is 24.9 Å². The molecule has 3 nitrogen and oxygen atoms in total. The van der Waals surface area contributed by atoms with Gasteiger partial charge in [0.2, 0.25) is 0 Å². The van der Waals surface area contributed by atoms with Gasteiger partial charge in [0.05, 0.1) is 12.8 Å². The van der Waals surface area contributed by atoms with Gasteiger partial charge in [-0.05, 0) is 37.8 Å². The van der Waals surface area contributed by atoms with Gasteiger partial charge in [0.15, 0.2) is 0 Å². The van der Waals surface area contributed by atoms with Crippen LogP contribution in [0.5, 0.6) is 5.75 Å². The first-order valence-electron chi connectivity index (χ1n) is 6.43. The van der Waals surface area contributed by atoms with Gasteiger partial charge in [-0.15, -0.1) is 0 Å². The molecule has 1 fully saturated rings. The Labute approximate surface area is 104 Å². The number of hydrogen-bond donors (Lipinski definition) is 1. The summed E-state index contributed by atoms with van der Waals surface area (Å²) in [5, 5.41) is 0. The number of methoxy groups -OCH3 is 1. The maximum Gasteiger partial charge on any atom is 0.143 e. The zero-order chi connectivity index (χ0) is 12.3. The first-order chi connectivity index (χ1) is 8.24. The van der Waals surface area contributed by atoms with Crippen LogP contribution in [0.15, 0.2) is 18.2 Å². The molecule has 0 aromatic heterocycles. The van der Waals surface area contributed by atoms with Crippen molar-refractivity contribution in [2.75, 3.05) is 30.8 Å². The van der Waals surface area contributed by atoms with E-state index in [2.05, 4.69) is 17.9 Å². The topological polar surface area (TPSA) is 38.5 Å². The van der Waals surface area contributed by atoms with Crippen LogP contribution in [0, 0.1) is 5.92 Å². The Hall–Kier alpha value is -1.38. The molecule has 0 atom stereocenters. The average molecular weight is 234 g/mol. The van der Waals surface area contributed by atoms with Crippen molar-refractivity contribution < 1.29 is 4.74 Å². The van der Waals surface area contributed by atoms with Crippen molar-refractivity contribution in [3.63, 3.8) is 0 Å². The maximum absolute atomic E-state index is 5.84. The number of rotatable bonds is 5. The lowest BCUT2D eigenvalue weighted by Crippen LogP contribution is -2.32. The van der Waals surface area contributed by atoms with Crippen molar-refractivity contribution in [2.24, 2.45) is 5.92 Å². The summed E-state index contributed by atoms with van der Waals surface area (Å²) in [7, 11) is 1.66. The van der Waals surface area contributed by atoms with Gasteiger partial charge in [0.1, 0.15) is 5.75 Å². The summed E-state index contributed by atoms with van der Waals surface area (Å²) in [6.07, 6.45) is 4.15. The Morgan fingerprint density at radius 1 is 1.41 bits per heavy atom. The molecule has 2 N–H and O–H groups in total. The molecule has 0 bridgehead atoms. The van der Waals surface area contributed by atoms with E-state index in [1.54, 1.807) is 7.11 Å². The number of ether oxygens (including phenoxy) is 1. The second-order valence-corrected chi connectivity index (χ2v) is 4.76. The van der Waals surface area contributed by atoms with E-state index >= 15 is 0 Å². The minimum atomic E-state index is 0.705. The fraction of sp³-hybridized carbons (Fsp3) is 0.571. The van der Waals surface area contributed by atoms with E-state index in [4.69, 9.17) is 10.5 Å². The molecule has 0 saturated heterocycles. The monoisotopic (exact) mass is 234 g/mol. The Kier molecular flexibility index (Phi) is 3.77. The highest BCUT2D eigenvalue weighted by atomic mass is 16.5. The van der Waals surface area contributed by atoms with Crippen molar-refractivity contribution in [2.45, 2.75) is 26.2 Å². The molecule has 17 heavy (non-hydrogen) atoms. The summed E-state index contributed by atoms with van der Waals surface area (Å²) in [4.78, 5) is 2.41. The molecule has 0 spiro atoms. The predicted octanol–water partition coefficient (Wildman–Crippen LogP) is 2.90. The number of benzene rings is 1. The van der Waals surface area contributed by atoms with E-state index in [-0.39, 0.29) is 0 Å². The number of nitrogen functional groups attached to an aromatic ring is 1. The molecular weight excluding hydrogens is 212 g/mol. The molecule has 0 aliphatic heterocycles. The van der Waals surface area contributed by atoms with E-state index in [9.17, 15) is 0 Å². The lowest BCUT2D eigenvalue weighted by atomic mass is 9.85. The Bertz CT molecular complexity index is 374. The van der Waals surface area contributed by atoms with Crippen molar-refractivity contribution in [3.05, 3.63) is 18.2 Å². The lowest BCUT2D eigenvalue weighted by Gasteiger charge is -2.33. The van der Waals surface area contributed by atoms with Crippen LogP contribution < -0.4 is 15.4 Å². The fourth-order valence-electron chi connectivity index (χ4n) is 2.30. The number of hydrogen-bond acceptors (Lipinski definition) is 3. The number of nitrogens with zero attached hydrogens (tertiary/aromatic N) is 1. The molecular formula is C14H22N2O. The van der Waals surface area contributed by atoms with Gasteiger partial charge >= 0.3 is 0 Å². The molecule has 1 aromatic rings. The van der Waals surface area contributed by atoms with Gasteiger partial charge in [0.25, 0.3) is 0 Å². The Balaban J connectivity index is 2.11. The quantitative estimate of drug-likeness (QED) is 0.796. The molecule has 1 aliphatic carbocycles. The van der Waals surface area contributed by atoms with Gasteiger partial charge in [-0.25, -0.2) is 0 Å². The Morgan fingerprint density at radius 2 is 2.18 bits per heavy atom. The molecule has 0 unspecified atom stereocenters. The largest absolute Gasteiger partial charge is 0.495 e. The Morgan fingerprint density at radius 3 is 2.71 bits per heavy atom. The molecule has 2 rings (SSSR count). The summed E-state index contributed by atoms with van der Waals surface area (Å²) in [6, 6.07) is 6.05. The third-order valence-electron chi connectivity index (χ3n) is 3.67. The summed E-state index contributed by atoms with van der Waals surface area (Å²) >= 11 is 0. The third kappa shape index (κ3) is 2.65. The first kappa shape index (κ1) is 12.1. The van der Waals surface area contributed by atoms with Crippen LogP contribution in [0.3, 0.4) is 0 Å². The van der Waals surface area contributed by atoms with Crippen LogP contribution in [0.4, 0.5) is 11.4 Å². The van der Waals surface area contributed by atoms with Crippen molar-refractivity contribution in [1.29, 1.82) is 0 Å². The van der Waals surface area contributed by atoms with Crippen LogP contribution in [0.25, 0.3) is 0 Å². The average Bonchev–Trinajstić information content (AvgIpc) is 2.29. The van der Waals surface area contributed by atoms with Crippen LogP contribution in [-0.4, -0.2) is 20.2 Å². The number of nitrogens with two attached hydrogens (primary N) is 1. The highest BCUT2D eigenvalue weighted by Crippen LogP contribution is 2.31. The van der Waals surface area contributed by atoms with E-state index in [1.807, 2.05) is 12.1 Å². The van der Waals surface area contributed by atoms with E-state index in [0.29, 0.717) is 5.69 Å². The van der Waals surface area contributed by atoms with Crippen LogP contribution in [-0.2, 0) is 0 Å². The minimum absolute atomic E-state index is 0.705. The highest BCUT2D eigenvalue weighted by Gasteiger charge is 2.20. The second kappa shape index (κ2) is 5.30. The predicted molar refractivity (Wildman–Crippen MR) is 72.6 cm³/mol. The van der Waals surface area contributed by atoms with Crippen LogP contribution >= 0.6 is 0 Å². The maximum atomic E-state index is 5.84. The summed E-state index contributed by atoms with van der Waals surface area (Å²) in [5.41, 5.74) is 7.75. The summed E-state index contributed by atoms with van der Waals surface area (Å²) in [6.45, 7) is 4.38. The highest BCUT2D eigenvalue weighted by molar-refractivity contribution is 5.62. The van der Waals surface area contributed by atoms with Crippen LogP contribution in [0.2, 0.25) is 0 Å². The van der Waals surface area contributed by atoms with Gasteiger partial charge in [-0.3, -0.25) is 0 Å². The molecule has 0 amide bonds. The smallest absolute Gasteiger partial charge is 0.143 e. The van der Waals surface area contributed by atoms with Gasteiger partial charge in [-0.1, -0.05) is 6.42 Å². The fourth-order valence-corrected chi connectivity index (χ4v) is 2.30. The lowest BCUT2D eigenvalue weighted by molar-refractivity contribution is 0.318. The SMILES string of the molecule is CCN(CC1CCC1)c1ccc(N)c(OC)c1. The third-order valence-corrected chi connectivity index (χ3v) is 3.67. The minimum Gasteiger partial charge on any atom is -0.495 e. The molecule has 0 radical (unpaired) electrons. The van der Waals surface area contributed by atoms with Crippen molar-refractivity contribution in [1.82, 2.24) is 0 Å². The molecule has 3 heteroatoms. The molecule has 1 aliphatic rings. The molecule has 94 valence electrons. The zero-order valence-corrected chi connectivity index (χ0v) is 10.8. The van der Waals surface area contributed by atoms with Gasteiger partial charge in [-0.2, -0.15) is 0 Å². The van der Waals surface area contributed by atoms with Crippen LogP contribution in [0.1, 0.15) is 26.2 Å². The number of anilines is 2. The van der Waals surface area contributed by atoms with Gasteiger partial charge in [0, 0.05) is 24.8 Å². The second-order valence-electron chi connectivity index (χ2n) is 4.76. The molecule has 0 heterocycles.